The van der Waals surface area contributed by atoms with Crippen LogP contribution in [0.1, 0.15) is 16.8 Å². The van der Waals surface area contributed by atoms with E-state index in [0.29, 0.717) is 10.7 Å². The third kappa shape index (κ3) is 6.43. The van der Waals surface area contributed by atoms with Crippen molar-refractivity contribution in [3.8, 4) is 0 Å². The number of rotatable bonds is 8. The lowest BCUT2D eigenvalue weighted by molar-refractivity contribution is -0.128. The smallest absolute Gasteiger partial charge is 0.330 e. The molecule has 2 amide bonds. The summed E-state index contributed by atoms with van der Waals surface area (Å²) in [7, 11) is 2.91. The van der Waals surface area contributed by atoms with E-state index in [2.05, 4.69) is 10.6 Å². The van der Waals surface area contributed by atoms with Gasteiger partial charge in [0.25, 0.3) is 5.56 Å². The van der Waals surface area contributed by atoms with Crippen LogP contribution in [0.15, 0.2) is 70.3 Å². The Bertz CT molecular complexity index is 1250. The van der Waals surface area contributed by atoms with E-state index in [9.17, 15) is 19.2 Å². The largest absolute Gasteiger partial charge is 0.349 e. The average Bonchev–Trinajstić information content (AvgIpc) is 2.80. The van der Waals surface area contributed by atoms with Gasteiger partial charge in [-0.05, 0) is 23.3 Å². The fourth-order valence-corrected chi connectivity index (χ4v) is 3.47. The van der Waals surface area contributed by atoms with Crippen LogP contribution in [0.3, 0.4) is 0 Å². The monoisotopic (exact) mass is 468 g/mol. The van der Waals surface area contributed by atoms with Crippen LogP contribution in [0.2, 0.25) is 5.02 Å². The van der Waals surface area contributed by atoms with Crippen molar-refractivity contribution in [3.05, 3.63) is 103 Å². The molecule has 8 nitrogen and oxygen atoms in total. The molecule has 2 N–H and O–H groups in total. The standard InChI is InChI=1S/C24H25ClN4O4/c1-28-19(14-22(31)29(2)24(28)33)15-26-23(32)20(12-16-6-4-3-5-7-16)27-21(30)13-17-8-10-18(25)11-9-17/h3-11,14,20H,12-13,15H2,1-2H3,(H,26,32)(H,27,30)/t20-/m0/s1. The number of nitrogens with one attached hydrogen (secondary N) is 2. The Kier molecular flexibility index (Phi) is 7.84. The Morgan fingerprint density at radius 1 is 0.939 bits per heavy atom. The zero-order chi connectivity index (χ0) is 24.0. The minimum Gasteiger partial charge on any atom is -0.349 e. The molecule has 172 valence electrons. The summed E-state index contributed by atoms with van der Waals surface area (Å²) in [4.78, 5) is 49.7. The highest BCUT2D eigenvalue weighted by Gasteiger charge is 2.22. The number of hydrogen-bond donors (Lipinski definition) is 2. The summed E-state index contributed by atoms with van der Waals surface area (Å²) in [5.74, 6) is -0.731. The van der Waals surface area contributed by atoms with Gasteiger partial charge in [-0.3, -0.25) is 23.5 Å². The van der Waals surface area contributed by atoms with E-state index in [1.54, 1.807) is 24.3 Å². The van der Waals surface area contributed by atoms with E-state index in [1.165, 1.54) is 24.7 Å². The van der Waals surface area contributed by atoms with Crippen LogP contribution >= 0.6 is 11.6 Å². The van der Waals surface area contributed by atoms with E-state index >= 15 is 0 Å². The van der Waals surface area contributed by atoms with Crippen molar-refractivity contribution in [2.45, 2.75) is 25.4 Å². The second kappa shape index (κ2) is 10.8. The SMILES string of the molecule is Cn1c(CNC(=O)[C@H](Cc2ccccc2)NC(=O)Cc2ccc(Cl)cc2)cc(=O)n(C)c1=O. The molecule has 0 aliphatic carbocycles. The quantitative estimate of drug-likeness (QED) is 0.520. The van der Waals surface area contributed by atoms with Crippen LogP contribution in [0.25, 0.3) is 0 Å². The molecule has 0 spiro atoms. The first-order valence-corrected chi connectivity index (χ1v) is 10.7. The van der Waals surface area contributed by atoms with Gasteiger partial charge in [0.2, 0.25) is 11.8 Å². The maximum atomic E-state index is 13.0. The van der Waals surface area contributed by atoms with E-state index in [-0.39, 0.29) is 25.3 Å². The van der Waals surface area contributed by atoms with Gasteiger partial charge in [-0.1, -0.05) is 54.1 Å². The van der Waals surface area contributed by atoms with E-state index in [1.807, 2.05) is 30.3 Å². The summed E-state index contributed by atoms with van der Waals surface area (Å²) in [5.41, 5.74) is 1.07. The molecule has 3 aromatic rings. The number of carbonyl (C=O) groups excluding carboxylic acids is 2. The number of carbonyl (C=O) groups is 2. The fraction of sp³-hybridized carbons (Fsp3) is 0.250. The minimum atomic E-state index is -0.837. The summed E-state index contributed by atoms with van der Waals surface area (Å²) in [6.07, 6.45) is 0.382. The van der Waals surface area contributed by atoms with Gasteiger partial charge in [-0.15, -0.1) is 0 Å². The maximum Gasteiger partial charge on any atom is 0.330 e. The van der Waals surface area contributed by atoms with Crippen molar-refractivity contribution in [2.75, 3.05) is 0 Å². The highest BCUT2D eigenvalue weighted by atomic mass is 35.5. The Morgan fingerprint density at radius 2 is 1.61 bits per heavy atom. The van der Waals surface area contributed by atoms with Crippen molar-refractivity contribution in [1.29, 1.82) is 0 Å². The molecule has 0 bridgehead atoms. The zero-order valence-electron chi connectivity index (χ0n) is 18.4. The molecule has 2 aromatic carbocycles. The Morgan fingerprint density at radius 3 is 2.27 bits per heavy atom. The number of hydrogen-bond acceptors (Lipinski definition) is 4. The van der Waals surface area contributed by atoms with Gasteiger partial charge in [0.1, 0.15) is 6.04 Å². The first-order chi connectivity index (χ1) is 15.7. The van der Waals surface area contributed by atoms with E-state index in [4.69, 9.17) is 11.6 Å². The number of aromatic nitrogens is 2. The number of benzene rings is 2. The number of halogens is 1. The second-order valence-corrected chi connectivity index (χ2v) is 8.14. The average molecular weight is 469 g/mol. The van der Waals surface area contributed by atoms with Gasteiger partial charge in [0.15, 0.2) is 0 Å². The molecule has 1 atom stereocenters. The topological polar surface area (TPSA) is 102 Å². The van der Waals surface area contributed by atoms with Crippen LogP contribution in [0, 0.1) is 0 Å². The molecule has 3 rings (SSSR count). The van der Waals surface area contributed by atoms with Crippen molar-refractivity contribution >= 4 is 23.4 Å². The van der Waals surface area contributed by atoms with Crippen molar-refractivity contribution in [2.24, 2.45) is 14.1 Å². The molecule has 9 heteroatoms. The number of nitrogens with zero attached hydrogens (tertiary/aromatic N) is 2. The highest BCUT2D eigenvalue weighted by molar-refractivity contribution is 6.30. The van der Waals surface area contributed by atoms with Gasteiger partial charge in [0.05, 0.1) is 13.0 Å². The molecule has 0 saturated carbocycles. The van der Waals surface area contributed by atoms with Gasteiger partial charge >= 0.3 is 5.69 Å². The van der Waals surface area contributed by atoms with Gasteiger partial charge < -0.3 is 10.6 Å². The molecule has 0 aliphatic rings. The molecular weight excluding hydrogens is 444 g/mol. The lowest BCUT2D eigenvalue weighted by Crippen LogP contribution is -2.49. The predicted octanol–water partition coefficient (Wildman–Crippen LogP) is 1.32. The van der Waals surface area contributed by atoms with Gasteiger partial charge in [-0.2, -0.15) is 0 Å². The maximum absolute atomic E-state index is 13.0. The van der Waals surface area contributed by atoms with Crippen LogP contribution in [-0.4, -0.2) is 27.0 Å². The highest BCUT2D eigenvalue weighted by Crippen LogP contribution is 2.10. The zero-order valence-corrected chi connectivity index (χ0v) is 19.1. The lowest BCUT2D eigenvalue weighted by Gasteiger charge is -2.19. The van der Waals surface area contributed by atoms with Crippen LogP contribution in [0.5, 0.6) is 0 Å². The third-order valence-electron chi connectivity index (χ3n) is 5.28. The van der Waals surface area contributed by atoms with E-state index in [0.717, 1.165) is 15.7 Å². The summed E-state index contributed by atoms with van der Waals surface area (Å²) in [6.45, 7) is -0.0288. The summed E-state index contributed by atoms with van der Waals surface area (Å²) in [5, 5.41) is 6.10. The third-order valence-corrected chi connectivity index (χ3v) is 5.53. The molecule has 1 aromatic heterocycles. The number of amides is 2. The Hall–Kier alpha value is -3.65. The van der Waals surface area contributed by atoms with Crippen LogP contribution in [0.4, 0.5) is 0 Å². The van der Waals surface area contributed by atoms with Crippen molar-refractivity contribution < 1.29 is 9.59 Å². The van der Waals surface area contributed by atoms with Crippen LogP contribution in [-0.2, 0) is 43.1 Å². The molecule has 0 radical (unpaired) electrons. The summed E-state index contributed by atoms with van der Waals surface area (Å²) < 4.78 is 2.29. The second-order valence-electron chi connectivity index (χ2n) is 7.71. The predicted molar refractivity (Wildman–Crippen MR) is 126 cm³/mol. The van der Waals surface area contributed by atoms with Crippen LogP contribution < -0.4 is 21.9 Å². The molecule has 0 unspecified atom stereocenters. The molecule has 0 fully saturated rings. The van der Waals surface area contributed by atoms with Crippen molar-refractivity contribution in [3.63, 3.8) is 0 Å². The Labute approximate surface area is 195 Å². The lowest BCUT2D eigenvalue weighted by atomic mass is 10.0. The first-order valence-electron chi connectivity index (χ1n) is 10.4. The molecular formula is C24H25ClN4O4. The minimum absolute atomic E-state index is 0.0288. The van der Waals surface area contributed by atoms with Gasteiger partial charge in [-0.25, -0.2) is 4.79 Å². The molecule has 33 heavy (non-hydrogen) atoms. The normalized spacial score (nSPS) is 11.6. The summed E-state index contributed by atoms with van der Waals surface area (Å²) >= 11 is 5.89. The van der Waals surface area contributed by atoms with Gasteiger partial charge in [0, 0.05) is 37.3 Å². The Balaban J connectivity index is 1.73. The first kappa shape index (κ1) is 24.0. The van der Waals surface area contributed by atoms with Crippen molar-refractivity contribution in [1.82, 2.24) is 19.8 Å². The summed E-state index contributed by atoms with van der Waals surface area (Å²) in [6, 6.07) is 16.7. The fourth-order valence-electron chi connectivity index (χ4n) is 3.34. The molecule has 1 heterocycles. The van der Waals surface area contributed by atoms with E-state index < -0.39 is 23.2 Å². The molecule has 0 saturated heterocycles. The molecule has 0 aliphatic heterocycles.